The number of pyridine rings is 4. The van der Waals surface area contributed by atoms with Gasteiger partial charge in [0, 0.05) is 37.0 Å². The topological polar surface area (TPSA) is 122 Å². The number of carboxylic acid groups (broad SMARTS) is 1. The number of carboxylic acids is 1. The maximum Gasteiger partial charge on any atom is 0.317 e. The van der Waals surface area contributed by atoms with Crippen LogP contribution in [0.2, 0.25) is 0 Å². The molecule has 0 amide bonds. The standard InChI is InChI=1S/C30H26N6O4/c37-19-40-18-36-14-13-35(17-28(38)39)15-22-3-1-5-24(31-22)26-11-9-20-7-8-21-10-12-27(34-30(21)29(20)33-26)25-6-2-4-23(16-36)32-25/h1-12,19H,13-18H2,(H,38,39). The summed E-state index contributed by atoms with van der Waals surface area (Å²) in [4.78, 5) is 46.0. The minimum Gasteiger partial charge on any atom is -0.480 e. The fourth-order valence-electron chi connectivity index (χ4n) is 4.95. The summed E-state index contributed by atoms with van der Waals surface area (Å²) >= 11 is 0. The van der Waals surface area contributed by atoms with Gasteiger partial charge in [0.15, 0.2) is 0 Å². The average molecular weight is 535 g/mol. The largest absolute Gasteiger partial charge is 0.480 e. The van der Waals surface area contributed by atoms with Crippen LogP contribution in [0.15, 0.2) is 72.8 Å². The first kappa shape index (κ1) is 25.5. The van der Waals surface area contributed by atoms with Crippen molar-refractivity contribution in [3.8, 4) is 22.8 Å². The van der Waals surface area contributed by atoms with Crippen LogP contribution in [-0.2, 0) is 27.4 Å². The van der Waals surface area contributed by atoms with Crippen LogP contribution in [0.3, 0.4) is 0 Å². The highest BCUT2D eigenvalue weighted by Gasteiger charge is 2.17. The van der Waals surface area contributed by atoms with Crippen LogP contribution in [0.1, 0.15) is 11.4 Å². The molecule has 6 rings (SSSR count). The minimum atomic E-state index is -0.933. The number of nitrogens with zero attached hydrogens (tertiary/aromatic N) is 6. The molecular weight excluding hydrogens is 508 g/mol. The van der Waals surface area contributed by atoms with Crippen LogP contribution < -0.4 is 0 Å². The fourth-order valence-corrected chi connectivity index (χ4v) is 4.95. The summed E-state index contributed by atoms with van der Waals surface area (Å²) in [5, 5.41) is 11.5. The van der Waals surface area contributed by atoms with Gasteiger partial charge in [-0.25, -0.2) is 19.9 Å². The second-order valence-corrected chi connectivity index (χ2v) is 9.68. The summed E-state index contributed by atoms with van der Waals surface area (Å²) in [5.41, 5.74) is 5.88. The second-order valence-electron chi connectivity index (χ2n) is 9.68. The number of ether oxygens (including phenoxy) is 1. The normalized spacial score (nSPS) is 14.4. The quantitative estimate of drug-likeness (QED) is 0.264. The SMILES string of the molecule is O=COCN1CCN(CC(=O)O)Cc2cccc(n2)-c2ccc3ccc4ccc(nc4c3n2)-c2cccc(n2)C1. The lowest BCUT2D eigenvalue weighted by molar-refractivity contribution is -0.138. The van der Waals surface area contributed by atoms with Gasteiger partial charge < -0.3 is 9.84 Å². The van der Waals surface area contributed by atoms with Gasteiger partial charge in [-0.2, -0.15) is 0 Å². The molecule has 0 fully saturated rings. The third-order valence-corrected chi connectivity index (χ3v) is 6.85. The number of fused-ring (bicyclic) bond motifs is 8. The third kappa shape index (κ3) is 5.49. The number of aromatic nitrogens is 4. The summed E-state index contributed by atoms with van der Waals surface area (Å²) in [7, 11) is 0. The van der Waals surface area contributed by atoms with E-state index in [0.29, 0.717) is 49.7 Å². The summed E-state index contributed by atoms with van der Waals surface area (Å²) < 4.78 is 5.07. The average Bonchev–Trinajstić information content (AvgIpc) is 2.97. The maximum atomic E-state index is 11.7. The molecule has 0 radical (unpaired) electrons. The zero-order chi connectivity index (χ0) is 27.5. The summed E-state index contributed by atoms with van der Waals surface area (Å²) in [6, 6.07) is 23.4. The Bertz CT molecular complexity index is 1730. The molecule has 200 valence electrons. The van der Waals surface area contributed by atoms with E-state index in [1.807, 2.05) is 77.7 Å². The van der Waals surface area contributed by atoms with Crippen LogP contribution >= 0.6 is 0 Å². The fraction of sp³-hybridized carbons (Fsp3) is 0.200. The molecule has 1 aromatic carbocycles. The van der Waals surface area contributed by atoms with E-state index in [-0.39, 0.29) is 13.3 Å². The van der Waals surface area contributed by atoms with Crippen LogP contribution in [0.4, 0.5) is 0 Å². The van der Waals surface area contributed by atoms with E-state index >= 15 is 0 Å². The van der Waals surface area contributed by atoms with Crippen molar-refractivity contribution in [2.45, 2.75) is 13.1 Å². The van der Waals surface area contributed by atoms with E-state index in [1.54, 1.807) is 4.90 Å². The Morgan fingerprint density at radius 3 is 1.77 bits per heavy atom. The Morgan fingerprint density at radius 1 is 0.725 bits per heavy atom. The molecule has 10 heteroatoms. The molecule has 1 aliphatic heterocycles. The molecule has 8 bridgehead atoms. The lowest BCUT2D eigenvalue weighted by atomic mass is 10.1. The predicted molar refractivity (Wildman–Crippen MR) is 149 cm³/mol. The smallest absolute Gasteiger partial charge is 0.317 e. The number of rotatable bonds is 5. The van der Waals surface area contributed by atoms with Crippen molar-refractivity contribution < 1.29 is 19.4 Å². The number of aliphatic carboxylic acids is 1. The maximum absolute atomic E-state index is 11.7. The molecule has 0 saturated carbocycles. The van der Waals surface area contributed by atoms with Crippen molar-refractivity contribution in [3.05, 3.63) is 84.2 Å². The first-order valence-electron chi connectivity index (χ1n) is 12.9. The zero-order valence-corrected chi connectivity index (χ0v) is 21.6. The van der Waals surface area contributed by atoms with Crippen molar-refractivity contribution in [1.29, 1.82) is 0 Å². The van der Waals surface area contributed by atoms with Gasteiger partial charge in [0.1, 0.15) is 6.73 Å². The van der Waals surface area contributed by atoms with Gasteiger partial charge >= 0.3 is 5.97 Å². The summed E-state index contributed by atoms with van der Waals surface area (Å²) in [6.45, 7) is 1.89. The monoisotopic (exact) mass is 534 g/mol. The van der Waals surface area contributed by atoms with Crippen molar-refractivity contribution in [2.75, 3.05) is 26.4 Å². The molecule has 5 aromatic rings. The molecule has 4 aromatic heterocycles. The lowest BCUT2D eigenvalue weighted by Gasteiger charge is -2.26. The molecule has 0 unspecified atom stereocenters. The second kappa shape index (κ2) is 11.1. The van der Waals surface area contributed by atoms with Crippen LogP contribution in [0, 0.1) is 0 Å². The van der Waals surface area contributed by atoms with E-state index in [2.05, 4.69) is 0 Å². The Morgan fingerprint density at radius 2 is 1.23 bits per heavy atom. The van der Waals surface area contributed by atoms with Gasteiger partial charge in [0.05, 0.1) is 51.7 Å². The minimum absolute atomic E-state index is 0.0522. The molecule has 1 N–H and O–H groups in total. The van der Waals surface area contributed by atoms with Gasteiger partial charge in [0.2, 0.25) is 0 Å². The third-order valence-electron chi connectivity index (χ3n) is 6.85. The van der Waals surface area contributed by atoms with Crippen molar-refractivity contribution in [3.63, 3.8) is 0 Å². The molecule has 5 heterocycles. The number of carbonyl (C=O) groups excluding carboxylic acids is 1. The molecular formula is C30H26N6O4. The first-order chi connectivity index (χ1) is 19.6. The van der Waals surface area contributed by atoms with Crippen molar-refractivity contribution in [1.82, 2.24) is 29.7 Å². The highest BCUT2D eigenvalue weighted by atomic mass is 16.5. The number of hydrogen-bond acceptors (Lipinski definition) is 9. The van der Waals surface area contributed by atoms with E-state index in [9.17, 15) is 14.7 Å². The van der Waals surface area contributed by atoms with Crippen molar-refractivity contribution >= 4 is 34.2 Å². The van der Waals surface area contributed by atoms with E-state index < -0.39 is 5.97 Å². The molecule has 0 spiro atoms. The zero-order valence-electron chi connectivity index (χ0n) is 21.6. The van der Waals surface area contributed by atoms with E-state index in [4.69, 9.17) is 24.7 Å². The Hall–Kier alpha value is -4.80. The summed E-state index contributed by atoms with van der Waals surface area (Å²) in [5.74, 6) is -0.933. The highest BCUT2D eigenvalue weighted by molar-refractivity contribution is 6.04. The number of carbonyl (C=O) groups is 2. The van der Waals surface area contributed by atoms with E-state index in [1.165, 1.54) is 0 Å². The van der Waals surface area contributed by atoms with Crippen LogP contribution in [0.25, 0.3) is 44.6 Å². The first-order valence-corrected chi connectivity index (χ1v) is 12.9. The number of benzene rings is 1. The molecule has 0 aliphatic carbocycles. The van der Waals surface area contributed by atoms with Gasteiger partial charge in [-0.05, 0) is 36.4 Å². The van der Waals surface area contributed by atoms with E-state index in [0.717, 1.165) is 38.9 Å². The van der Waals surface area contributed by atoms with Crippen LogP contribution in [0.5, 0.6) is 0 Å². The number of hydrogen-bond donors (Lipinski definition) is 1. The summed E-state index contributed by atoms with van der Waals surface area (Å²) in [6.07, 6.45) is 0. The predicted octanol–water partition coefficient (Wildman–Crippen LogP) is 3.74. The van der Waals surface area contributed by atoms with Gasteiger partial charge in [-0.15, -0.1) is 0 Å². The Balaban J connectivity index is 1.51. The molecule has 1 aliphatic rings. The Labute approximate surface area is 229 Å². The lowest BCUT2D eigenvalue weighted by Crippen LogP contribution is -2.38. The molecule has 40 heavy (non-hydrogen) atoms. The van der Waals surface area contributed by atoms with Crippen LogP contribution in [-0.4, -0.2) is 73.6 Å². The molecule has 10 nitrogen and oxygen atoms in total. The highest BCUT2D eigenvalue weighted by Crippen LogP contribution is 2.28. The van der Waals surface area contributed by atoms with Crippen molar-refractivity contribution in [2.24, 2.45) is 0 Å². The molecule has 0 atom stereocenters. The van der Waals surface area contributed by atoms with Gasteiger partial charge in [0.25, 0.3) is 6.47 Å². The van der Waals surface area contributed by atoms with Gasteiger partial charge in [-0.1, -0.05) is 36.4 Å². The molecule has 0 saturated heterocycles. The van der Waals surface area contributed by atoms with Gasteiger partial charge in [-0.3, -0.25) is 19.4 Å². The Kier molecular flexibility index (Phi) is 7.09.